The molecule has 0 saturated carbocycles. The normalized spacial score (nSPS) is 16.1. The van der Waals surface area contributed by atoms with Crippen molar-refractivity contribution in [1.29, 1.82) is 0 Å². The third-order valence-electron chi connectivity index (χ3n) is 1.43. The minimum Gasteiger partial charge on any atom is -0.326 e. The van der Waals surface area contributed by atoms with Crippen LogP contribution in [0.15, 0.2) is 0 Å². The zero-order valence-corrected chi connectivity index (χ0v) is 18.2. The van der Waals surface area contributed by atoms with Gasteiger partial charge in [-0.3, -0.25) is 0 Å². The Bertz CT molecular complexity index is 56.5. The Hall–Kier alpha value is 2.71. The molecule has 1 saturated heterocycles. The molecule has 1 nitrogen and oxygen atoms in total. The van der Waals surface area contributed by atoms with Crippen LogP contribution in [0.25, 0.3) is 0 Å². The number of rotatable bonds is 0. The van der Waals surface area contributed by atoms with Crippen LogP contribution in [0.3, 0.4) is 0 Å². The molecule has 66 valence electrons. The average molecular weight is 834 g/mol. The number of hydrogen-bond acceptors (Lipinski definition) is 1. The summed E-state index contributed by atoms with van der Waals surface area (Å²) in [6.45, 7) is 2.53. The topological polar surface area (TPSA) is 3.24 Å². The van der Waals surface area contributed by atoms with E-state index in [-0.39, 0.29) is 84.3 Å². The van der Waals surface area contributed by atoms with Gasteiger partial charge >= 0.3 is 0 Å². The van der Waals surface area contributed by atoms with Crippen molar-refractivity contribution in [2.45, 2.75) is 12.8 Å². The summed E-state index contributed by atoms with van der Waals surface area (Å²) >= 11 is 0. The van der Waals surface area contributed by atoms with Gasteiger partial charge in [0, 0.05) is 84.3 Å². The van der Waals surface area contributed by atoms with Gasteiger partial charge in [0.1, 0.15) is 0 Å². The molecular weight excluding hydrogens is 821 g/mol. The average Bonchev–Trinajstić information content (AvgIpc) is 1.69. The Morgan fingerprint density at radius 1 is 0.909 bits per heavy atom. The maximum absolute atomic E-state index is 2.36. The van der Waals surface area contributed by atoms with E-state index in [1.54, 1.807) is 0 Å². The SMILES string of the molecule is CN1CC[CH-]CC1.[W].[W].[W].[W]. The number of hydrogen-bond donors (Lipinski definition) is 0. The van der Waals surface area contributed by atoms with Crippen molar-refractivity contribution < 1.29 is 84.3 Å². The number of piperidine rings is 1. The second-order valence-corrected chi connectivity index (χ2v) is 2.17. The van der Waals surface area contributed by atoms with Gasteiger partial charge in [-0.2, -0.15) is 12.8 Å². The maximum atomic E-state index is 2.36. The van der Waals surface area contributed by atoms with Gasteiger partial charge < -0.3 is 11.3 Å². The van der Waals surface area contributed by atoms with Gasteiger partial charge in [0.2, 0.25) is 0 Å². The summed E-state index contributed by atoms with van der Waals surface area (Å²) in [6, 6.07) is 0. The number of likely N-dealkylation sites (tertiary alicyclic amines) is 1. The van der Waals surface area contributed by atoms with Crippen LogP contribution in [0.1, 0.15) is 12.8 Å². The summed E-state index contributed by atoms with van der Waals surface area (Å²) in [7, 11) is 2.17. The number of nitrogens with zero attached hydrogens (tertiary/aromatic N) is 1. The molecule has 1 aliphatic heterocycles. The van der Waals surface area contributed by atoms with Gasteiger partial charge in [-0.05, 0) is 20.1 Å². The molecule has 1 rings (SSSR count). The third kappa shape index (κ3) is 12.7. The summed E-state index contributed by atoms with van der Waals surface area (Å²) in [5.41, 5.74) is 0. The molecule has 0 aromatic carbocycles. The molecule has 0 unspecified atom stereocenters. The van der Waals surface area contributed by atoms with E-state index in [1.807, 2.05) is 0 Å². The van der Waals surface area contributed by atoms with E-state index in [2.05, 4.69) is 18.4 Å². The Kier molecular flexibility index (Phi) is 32.5. The van der Waals surface area contributed by atoms with Crippen LogP contribution < -0.4 is 0 Å². The van der Waals surface area contributed by atoms with Crippen LogP contribution in [0, 0.1) is 6.42 Å². The first-order valence-electron chi connectivity index (χ1n) is 2.90. The molecule has 0 atom stereocenters. The summed E-state index contributed by atoms with van der Waals surface area (Å²) in [4.78, 5) is 2.36. The van der Waals surface area contributed by atoms with Crippen LogP contribution in [0.2, 0.25) is 0 Å². The Morgan fingerprint density at radius 2 is 1.27 bits per heavy atom. The first-order chi connectivity index (χ1) is 3.39. The minimum atomic E-state index is 0. The van der Waals surface area contributed by atoms with E-state index in [0.29, 0.717) is 0 Å². The van der Waals surface area contributed by atoms with Crippen molar-refractivity contribution in [3.63, 3.8) is 0 Å². The van der Waals surface area contributed by atoms with E-state index in [1.165, 1.54) is 25.9 Å². The first kappa shape index (κ1) is 23.5. The molecule has 1 heterocycles. The fourth-order valence-corrected chi connectivity index (χ4v) is 0.879. The molecule has 1 fully saturated rings. The quantitative estimate of drug-likeness (QED) is 0.329. The molecule has 0 aromatic heterocycles. The molecule has 0 aromatic rings. The summed E-state index contributed by atoms with van der Waals surface area (Å²) in [5.74, 6) is 0. The standard InChI is InChI=1S/C6H12N.4W/c1-7-5-3-2-4-6-7;;;;/h2H,3-6H2,1H3;;;;/q-1;;;;. The van der Waals surface area contributed by atoms with Crippen molar-refractivity contribution in [1.82, 2.24) is 4.90 Å². The smallest absolute Gasteiger partial charge is 0 e. The largest absolute Gasteiger partial charge is 0.326 e. The Balaban J connectivity index is -0.0000000612. The Morgan fingerprint density at radius 3 is 1.45 bits per heavy atom. The van der Waals surface area contributed by atoms with E-state index in [0.717, 1.165) is 0 Å². The minimum absolute atomic E-state index is 0. The Labute approximate surface area is 127 Å². The van der Waals surface area contributed by atoms with Crippen molar-refractivity contribution in [2.24, 2.45) is 0 Å². The van der Waals surface area contributed by atoms with Gasteiger partial charge in [0.15, 0.2) is 0 Å². The maximum Gasteiger partial charge on any atom is 0 e. The summed E-state index contributed by atoms with van der Waals surface area (Å²) in [6.07, 6.45) is 4.94. The molecule has 0 spiro atoms. The zero-order valence-electron chi connectivity index (χ0n) is 6.49. The molecule has 0 radical (unpaired) electrons. The van der Waals surface area contributed by atoms with Crippen LogP contribution in [-0.2, 0) is 84.3 Å². The molecule has 0 N–H and O–H groups in total. The fourth-order valence-electron chi connectivity index (χ4n) is 0.879. The molecule has 11 heavy (non-hydrogen) atoms. The van der Waals surface area contributed by atoms with E-state index in [9.17, 15) is 0 Å². The van der Waals surface area contributed by atoms with Crippen LogP contribution in [-0.4, -0.2) is 25.0 Å². The fraction of sp³-hybridized carbons (Fsp3) is 0.833. The van der Waals surface area contributed by atoms with E-state index >= 15 is 0 Å². The predicted octanol–water partition coefficient (Wildman–Crippen LogP) is 0.906. The molecule has 0 aliphatic carbocycles. The molecule has 0 bridgehead atoms. The molecule has 0 amide bonds. The summed E-state index contributed by atoms with van der Waals surface area (Å²) in [5, 5.41) is 0. The van der Waals surface area contributed by atoms with Crippen molar-refractivity contribution in [3.8, 4) is 0 Å². The van der Waals surface area contributed by atoms with Gasteiger partial charge in [0.05, 0.1) is 0 Å². The monoisotopic (exact) mass is 834 g/mol. The second-order valence-electron chi connectivity index (χ2n) is 2.17. The van der Waals surface area contributed by atoms with Crippen molar-refractivity contribution in [3.05, 3.63) is 6.42 Å². The first-order valence-corrected chi connectivity index (χ1v) is 2.90. The van der Waals surface area contributed by atoms with Crippen molar-refractivity contribution >= 4 is 0 Å². The van der Waals surface area contributed by atoms with Gasteiger partial charge in [-0.25, -0.2) is 0 Å². The van der Waals surface area contributed by atoms with Crippen molar-refractivity contribution in [2.75, 3.05) is 20.1 Å². The zero-order chi connectivity index (χ0) is 5.11. The second kappa shape index (κ2) is 15.2. The molecule has 5 heteroatoms. The van der Waals surface area contributed by atoms with E-state index in [4.69, 9.17) is 0 Å². The predicted molar refractivity (Wildman–Crippen MR) is 31.0 cm³/mol. The van der Waals surface area contributed by atoms with Gasteiger partial charge in [-0.15, -0.1) is 0 Å². The summed E-state index contributed by atoms with van der Waals surface area (Å²) < 4.78 is 0. The van der Waals surface area contributed by atoms with Gasteiger partial charge in [0.25, 0.3) is 0 Å². The third-order valence-corrected chi connectivity index (χ3v) is 1.43. The van der Waals surface area contributed by atoms with Crippen LogP contribution >= 0.6 is 0 Å². The van der Waals surface area contributed by atoms with E-state index < -0.39 is 0 Å². The van der Waals surface area contributed by atoms with Gasteiger partial charge in [-0.1, -0.05) is 0 Å². The van der Waals surface area contributed by atoms with Crippen LogP contribution in [0.4, 0.5) is 0 Å². The molecular formula is C6H12NW4-. The van der Waals surface area contributed by atoms with Crippen LogP contribution in [0.5, 0.6) is 0 Å². The molecule has 1 aliphatic rings.